The third kappa shape index (κ3) is 2.81. The molecule has 104 valence electrons. The van der Waals surface area contributed by atoms with Gasteiger partial charge in [-0.1, -0.05) is 24.3 Å². The van der Waals surface area contributed by atoms with E-state index in [9.17, 15) is 4.79 Å². The number of benzene rings is 2. The second kappa shape index (κ2) is 5.58. The SMILES string of the molecule is Nc1cc2ccccc2cc1C(=O)NCc1ccncn1. The molecule has 3 aromatic rings. The summed E-state index contributed by atoms with van der Waals surface area (Å²) in [6, 6.07) is 13.2. The van der Waals surface area contributed by atoms with Crippen LogP contribution < -0.4 is 11.1 Å². The second-order valence-corrected chi connectivity index (χ2v) is 4.67. The third-order valence-electron chi connectivity index (χ3n) is 3.24. The molecule has 3 N–H and O–H groups in total. The highest BCUT2D eigenvalue weighted by atomic mass is 16.1. The fourth-order valence-corrected chi connectivity index (χ4v) is 2.14. The smallest absolute Gasteiger partial charge is 0.253 e. The van der Waals surface area contributed by atoms with Gasteiger partial charge in [-0.3, -0.25) is 4.79 Å². The molecule has 0 aliphatic rings. The number of fused-ring (bicyclic) bond motifs is 1. The Morgan fingerprint density at radius 2 is 1.90 bits per heavy atom. The van der Waals surface area contributed by atoms with Crippen molar-refractivity contribution < 1.29 is 4.79 Å². The van der Waals surface area contributed by atoms with Crippen LogP contribution in [0.4, 0.5) is 5.69 Å². The fourth-order valence-electron chi connectivity index (χ4n) is 2.14. The van der Waals surface area contributed by atoms with Crippen LogP contribution in [0.25, 0.3) is 10.8 Å². The van der Waals surface area contributed by atoms with Crippen LogP contribution in [-0.2, 0) is 6.54 Å². The van der Waals surface area contributed by atoms with Gasteiger partial charge in [-0.2, -0.15) is 0 Å². The van der Waals surface area contributed by atoms with E-state index in [4.69, 9.17) is 5.73 Å². The molecule has 1 heterocycles. The van der Waals surface area contributed by atoms with E-state index < -0.39 is 0 Å². The summed E-state index contributed by atoms with van der Waals surface area (Å²) in [6.07, 6.45) is 3.09. The second-order valence-electron chi connectivity index (χ2n) is 4.67. The maximum Gasteiger partial charge on any atom is 0.253 e. The van der Waals surface area contributed by atoms with Gasteiger partial charge in [0.05, 0.1) is 17.8 Å². The van der Waals surface area contributed by atoms with Gasteiger partial charge in [-0.25, -0.2) is 9.97 Å². The van der Waals surface area contributed by atoms with Crippen LogP contribution >= 0.6 is 0 Å². The van der Waals surface area contributed by atoms with Crippen molar-refractivity contribution in [2.45, 2.75) is 6.54 Å². The van der Waals surface area contributed by atoms with E-state index in [1.165, 1.54) is 6.33 Å². The molecule has 3 rings (SSSR count). The number of carbonyl (C=O) groups is 1. The van der Waals surface area contributed by atoms with Crippen LogP contribution in [0, 0.1) is 0 Å². The lowest BCUT2D eigenvalue weighted by atomic mass is 10.0. The molecule has 5 nitrogen and oxygen atoms in total. The molecule has 0 unspecified atom stereocenters. The Morgan fingerprint density at radius 1 is 1.14 bits per heavy atom. The molecule has 0 spiro atoms. The number of nitrogens with one attached hydrogen (secondary N) is 1. The number of nitrogen functional groups attached to an aromatic ring is 1. The summed E-state index contributed by atoms with van der Waals surface area (Å²) in [5.74, 6) is -0.211. The molecule has 5 heteroatoms. The van der Waals surface area contributed by atoms with Crippen molar-refractivity contribution in [3.63, 3.8) is 0 Å². The van der Waals surface area contributed by atoms with Gasteiger partial charge in [0.15, 0.2) is 0 Å². The van der Waals surface area contributed by atoms with Crippen LogP contribution in [-0.4, -0.2) is 15.9 Å². The summed E-state index contributed by atoms with van der Waals surface area (Å²) < 4.78 is 0. The molecule has 0 atom stereocenters. The normalized spacial score (nSPS) is 10.5. The minimum Gasteiger partial charge on any atom is -0.398 e. The first-order chi connectivity index (χ1) is 10.2. The van der Waals surface area contributed by atoms with Crippen molar-refractivity contribution in [3.8, 4) is 0 Å². The van der Waals surface area contributed by atoms with Gasteiger partial charge in [-0.15, -0.1) is 0 Å². The number of carbonyl (C=O) groups excluding carboxylic acids is 1. The summed E-state index contributed by atoms with van der Waals surface area (Å²) in [5, 5.41) is 4.81. The molecule has 0 bridgehead atoms. The van der Waals surface area contributed by atoms with Gasteiger partial charge in [0.2, 0.25) is 0 Å². The lowest BCUT2D eigenvalue weighted by Crippen LogP contribution is -2.24. The molecule has 0 fully saturated rings. The van der Waals surface area contributed by atoms with E-state index in [-0.39, 0.29) is 5.91 Å². The lowest BCUT2D eigenvalue weighted by molar-refractivity contribution is 0.0951. The van der Waals surface area contributed by atoms with Gasteiger partial charge < -0.3 is 11.1 Å². The summed E-state index contributed by atoms with van der Waals surface area (Å²) in [7, 11) is 0. The highest BCUT2D eigenvalue weighted by Crippen LogP contribution is 2.21. The standard InChI is InChI=1S/C16H14N4O/c17-15-8-12-4-2-1-3-11(12)7-14(15)16(21)19-9-13-5-6-18-10-20-13/h1-8,10H,9,17H2,(H,19,21). The third-order valence-corrected chi connectivity index (χ3v) is 3.24. The van der Waals surface area contributed by atoms with Crippen LogP contribution in [0.15, 0.2) is 55.0 Å². The molecular formula is C16H14N4O. The first-order valence-electron chi connectivity index (χ1n) is 6.55. The number of nitrogens with two attached hydrogens (primary N) is 1. The first kappa shape index (κ1) is 13.1. The largest absolute Gasteiger partial charge is 0.398 e. The van der Waals surface area contributed by atoms with Crippen LogP contribution in [0.3, 0.4) is 0 Å². The van der Waals surface area contributed by atoms with Crippen molar-refractivity contribution in [2.24, 2.45) is 0 Å². The van der Waals surface area contributed by atoms with E-state index in [1.807, 2.05) is 30.3 Å². The van der Waals surface area contributed by atoms with Gasteiger partial charge in [0, 0.05) is 11.9 Å². The van der Waals surface area contributed by atoms with Gasteiger partial charge in [0.25, 0.3) is 5.91 Å². The van der Waals surface area contributed by atoms with Crippen LogP contribution in [0.1, 0.15) is 16.1 Å². The summed E-state index contributed by atoms with van der Waals surface area (Å²) in [4.78, 5) is 20.1. The average molecular weight is 278 g/mol. The zero-order valence-corrected chi connectivity index (χ0v) is 11.3. The van der Waals surface area contributed by atoms with E-state index in [0.717, 1.165) is 16.5 Å². The van der Waals surface area contributed by atoms with Gasteiger partial charge in [-0.05, 0) is 29.0 Å². The molecular weight excluding hydrogens is 264 g/mol. The maximum absolute atomic E-state index is 12.2. The van der Waals surface area contributed by atoms with Crippen LogP contribution in [0.2, 0.25) is 0 Å². The lowest BCUT2D eigenvalue weighted by Gasteiger charge is -2.09. The molecule has 2 aromatic carbocycles. The molecule has 0 aliphatic carbocycles. The predicted molar refractivity (Wildman–Crippen MR) is 81.6 cm³/mol. The van der Waals surface area contributed by atoms with Crippen LogP contribution in [0.5, 0.6) is 0 Å². The fraction of sp³-hybridized carbons (Fsp3) is 0.0625. The van der Waals surface area contributed by atoms with Gasteiger partial charge >= 0.3 is 0 Å². The number of hydrogen-bond donors (Lipinski definition) is 2. The molecule has 0 aliphatic heterocycles. The zero-order valence-electron chi connectivity index (χ0n) is 11.3. The topological polar surface area (TPSA) is 80.9 Å². The Labute approximate surface area is 121 Å². The molecule has 0 saturated heterocycles. The summed E-state index contributed by atoms with van der Waals surface area (Å²) in [6.45, 7) is 0.341. The monoisotopic (exact) mass is 278 g/mol. The van der Waals surface area contributed by atoms with E-state index in [2.05, 4.69) is 15.3 Å². The highest BCUT2D eigenvalue weighted by Gasteiger charge is 2.10. The number of anilines is 1. The van der Waals surface area contributed by atoms with Crippen molar-refractivity contribution in [1.82, 2.24) is 15.3 Å². The minimum absolute atomic E-state index is 0.211. The van der Waals surface area contributed by atoms with Crippen molar-refractivity contribution >= 4 is 22.4 Å². The Bertz CT molecular complexity index is 787. The quantitative estimate of drug-likeness (QED) is 0.719. The Kier molecular flexibility index (Phi) is 3.47. The van der Waals surface area contributed by atoms with Crippen molar-refractivity contribution in [1.29, 1.82) is 0 Å². The molecule has 1 aromatic heterocycles. The van der Waals surface area contributed by atoms with E-state index >= 15 is 0 Å². The van der Waals surface area contributed by atoms with Gasteiger partial charge in [0.1, 0.15) is 6.33 Å². The summed E-state index contributed by atoms with van der Waals surface area (Å²) >= 11 is 0. The average Bonchev–Trinajstić information content (AvgIpc) is 2.53. The predicted octanol–water partition coefficient (Wildman–Crippen LogP) is 2.14. The number of amides is 1. The van der Waals surface area contributed by atoms with Crippen molar-refractivity contribution in [3.05, 3.63) is 66.2 Å². The Morgan fingerprint density at radius 3 is 2.62 bits per heavy atom. The van der Waals surface area contributed by atoms with E-state index in [1.54, 1.807) is 18.3 Å². The number of nitrogens with zero attached hydrogens (tertiary/aromatic N) is 2. The molecule has 21 heavy (non-hydrogen) atoms. The highest BCUT2D eigenvalue weighted by molar-refractivity contribution is 6.03. The molecule has 0 radical (unpaired) electrons. The number of aromatic nitrogens is 2. The Hall–Kier alpha value is -2.95. The number of hydrogen-bond acceptors (Lipinski definition) is 4. The minimum atomic E-state index is -0.211. The zero-order chi connectivity index (χ0) is 14.7. The van der Waals surface area contributed by atoms with Crippen molar-refractivity contribution in [2.75, 3.05) is 5.73 Å². The first-order valence-corrected chi connectivity index (χ1v) is 6.55. The summed E-state index contributed by atoms with van der Waals surface area (Å²) in [5.41, 5.74) is 7.66. The number of rotatable bonds is 3. The Balaban J connectivity index is 1.82. The molecule has 0 saturated carbocycles. The van der Waals surface area contributed by atoms with E-state index in [0.29, 0.717) is 17.8 Å². The maximum atomic E-state index is 12.2. The molecule has 1 amide bonds.